The molecule has 1 nitrogen and oxygen atoms in total. The SMILES string of the molecule is c1ccc(-c2cc3c4c(cnc3c3ccccc23)C2CCCC4CC2)cc1. The van der Waals surface area contributed by atoms with E-state index >= 15 is 0 Å². The Balaban J connectivity index is 1.76. The van der Waals surface area contributed by atoms with Crippen LogP contribution in [-0.2, 0) is 0 Å². The third kappa shape index (κ3) is 2.27. The van der Waals surface area contributed by atoms with Gasteiger partial charge in [-0.15, -0.1) is 0 Å². The molecule has 1 aromatic heterocycles. The Hall–Kier alpha value is -2.67. The first-order valence-corrected chi connectivity index (χ1v) is 10.3. The Bertz CT molecular complexity index is 1160. The minimum Gasteiger partial charge on any atom is -0.255 e. The van der Waals surface area contributed by atoms with Gasteiger partial charge < -0.3 is 0 Å². The number of benzene rings is 3. The molecular weight excluding hydrogens is 326 g/mol. The average molecular weight is 349 g/mol. The first kappa shape index (κ1) is 15.4. The molecule has 0 saturated heterocycles. The van der Waals surface area contributed by atoms with E-state index in [1.165, 1.54) is 64.9 Å². The smallest absolute Gasteiger partial charge is 0.0783 e. The molecule has 0 N–H and O–H groups in total. The van der Waals surface area contributed by atoms with E-state index in [-0.39, 0.29) is 0 Å². The molecule has 27 heavy (non-hydrogen) atoms. The summed E-state index contributed by atoms with van der Waals surface area (Å²) in [5.41, 5.74) is 7.00. The fraction of sp³-hybridized carbons (Fsp3) is 0.269. The number of aromatic nitrogens is 1. The molecule has 3 aromatic carbocycles. The Morgan fingerprint density at radius 2 is 1.44 bits per heavy atom. The molecule has 0 radical (unpaired) electrons. The zero-order valence-corrected chi connectivity index (χ0v) is 15.5. The Morgan fingerprint density at radius 3 is 2.33 bits per heavy atom. The van der Waals surface area contributed by atoms with E-state index < -0.39 is 0 Å². The van der Waals surface area contributed by atoms with Gasteiger partial charge in [-0.05, 0) is 71.2 Å². The van der Waals surface area contributed by atoms with Crippen LogP contribution in [0.1, 0.15) is 55.1 Å². The summed E-state index contributed by atoms with van der Waals surface area (Å²) in [5.74, 6) is 1.44. The zero-order valence-electron chi connectivity index (χ0n) is 15.5. The first-order chi connectivity index (χ1) is 13.4. The Kier molecular flexibility index (Phi) is 3.38. The topological polar surface area (TPSA) is 12.9 Å². The van der Waals surface area contributed by atoms with Gasteiger partial charge in [-0.25, -0.2) is 0 Å². The lowest BCUT2D eigenvalue weighted by atomic mass is 9.77. The predicted molar refractivity (Wildman–Crippen MR) is 113 cm³/mol. The highest BCUT2D eigenvalue weighted by Crippen LogP contribution is 2.50. The van der Waals surface area contributed by atoms with Crippen molar-refractivity contribution in [1.29, 1.82) is 0 Å². The Labute approximate surface area is 160 Å². The average Bonchev–Trinajstić information content (AvgIpc) is 3.08. The molecule has 1 heterocycles. The van der Waals surface area contributed by atoms with Crippen LogP contribution in [-0.4, -0.2) is 4.98 Å². The maximum absolute atomic E-state index is 5.02. The maximum atomic E-state index is 5.02. The second kappa shape index (κ2) is 5.92. The molecule has 3 aliphatic rings. The minimum atomic E-state index is 0.717. The van der Waals surface area contributed by atoms with Crippen LogP contribution in [0, 0.1) is 0 Å². The van der Waals surface area contributed by atoms with Crippen LogP contribution >= 0.6 is 0 Å². The number of fused-ring (bicyclic) bond motifs is 6. The molecule has 2 atom stereocenters. The second-order valence-corrected chi connectivity index (χ2v) is 8.26. The van der Waals surface area contributed by atoms with Gasteiger partial charge in [0.25, 0.3) is 0 Å². The van der Waals surface area contributed by atoms with E-state index in [1.54, 1.807) is 11.1 Å². The number of nitrogens with zero attached hydrogens (tertiary/aromatic N) is 1. The molecule has 1 fully saturated rings. The lowest BCUT2D eigenvalue weighted by molar-refractivity contribution is 0.529. The largest absolute Gasteiger partial charge is 0.255 e. The van der Waals surface area contributed by atoms with Crippen molar-refractivity contribution in [2.45, 2.75) is 43.9 Å². The summed E-state index contributed by atoms with van der Waals surface area (Å²) in [4.78, 5) is 5.02. The number of hydrogen-bond acceptors (Lipinski definition) is 1. The van der Waals surface area contributed by atoms with Crippen molar-refractivity contribution in [1.82, 2.24) is 4.98 Å². The van der Waals surface area contributed by atoms with Crippen LogP contribution in [0.2, 0.25) is 0 Å². The van der Waals surface area contributed by atoms with Gasteiger partial charge >= 0.3 is 0 Å². The van der Waals surface area contributed by atoms with Gasteiger partial charge in [0.2, 0.25) is 0 Å². The van der Waals surface area contributed by atoms with Gasteiger partial charge in [-0.2, -0.15) is 0 Å². The van der Waals surface area contributed by atoms with E-state index in [2.05, 4.69) is 66.9 Å². The highest BCUT2D eigenvalue weighted by atomic mass is 14.7. The van der Waals surface area contributed by atoms with Crippen molar-refractivity contribution in [3.63, 3.8) is 0 Å². The van der Waals surface area contributed by atoms with Crippen molar-refractivity contribution in [3.05, 3.63) is 78.0 Å². The monoisotopic (exact) mass is 349 g/mol. The zero-order chi connectivity index (χ0) is 17.8. The highest BCUT2D eigenvalue weighted by molar-refractivity contribution is 6.13. The summed E-state index contributed by atoms with van der Waals surface area (Å²) >= 11 is 0. The van der Waals surface area contributed by atoms with Crippen LogP contribution in [0.5, 0.6) is 0 Å². The molecule has 132 valence electrons. The standard InChI is InChI=1S/C26H23N/c1-2-7-17(8-3-1)22-15-23-25-19-10-6-9-18(13-14-19)24(25)16-27-26(23)21-12-5-4-11-20(21)22/h1-5,7-8,11-12,15-16,18-19H,6,9-10,13-14H2. The molecule has 0 spiro atoms. The van der Waals surface area contributed by atoms with E-state index in [9.17, 15) is 0 Å². The normalized spacial score (nSPS) is 21.3. The second-order valence-electron chi connectivity index (χ2n) is 8.26. The molecule has 0 aliphatic heterocycles. The van der Waals surface area contributed by atoms with Crippen molar-refractivity contribution in [2.24, 2.45) is 0 Å². The van der Waals surface area contributed by atoms with Crippen molar-refractivity contribution < 1.29 is 0 Å². The van der Waals surface area contributed by atoms with E-state index in [1.807, 2.05) is 0 Å². The fourth-order valence-electron chi connectivity index (χ4n) is 5.60. The molecular formula is C26H23N. The molecule has 1 heteroatoms. The van der Waals surface area contributed by atoms with Crippen LogP contribution in [0.4, 0.5) is 0 Å². The maximum Gasteiger partial charge on any atom is 0.0783 e. The van der Waals surface area contributed by atoms with Crippen molar-refractivity contribution in [2.75, 3.05) is 0 Å². The van der Waals surface area contributed by atoms with E-state index in [0.29, 0.717) is 5.92 Å². The third-order valence-corrected chi connectivity index (χ3v) is 6.85. The van der Waals surface area contributed by atoms with Gasteiger partial charge in [0.1, 0.15) is 0 Å². The van der Waals surface area contributed by atoms with Gasteiger partial charge in [-0.1, -0.05) is 61.0 Å². The Morgan fingerprint density at radius 1 is 0.704 bits per heavy atom. The molecule has 2 unspecified atom stereocenters. The third-order valence-electron chi connectivity index (χ3n) is 6.85. The summed E-state index contributed by atoms with van der Waals surface area (Å²) in [5, 5.41) is 4.00. The van der Waals surface area contributed by atoms with Gasteiger partial charge in [0, 0.05) is 17.0 Å². The van der Waals surface area contributed by atoms with Crippen LogP contribution in [0.25, 0.3) is 32.8 Å². The lowest BCUT2D eigenvalue weighted by Crippen LogP contribution is -2.12. The number of pyridine rings is 1. The summed E-state index contributed by atoms with van der Waals surface area (Å²) in [6.07, 6.45) is 8.97. The fourth-order valence-corrected chi connectivity index (χ4v) is 5.60. The van der Waals surface area contributed by atoms with Crippen LogP contribution in [0.15, 0.2) is 66.9 Å². The first-order valence-electron chi connectivity index (χ1n) is 10.3. The molecule has 3 aliphatic carbocycles. The molecule has 2 bridgehead atoms. The van der Waals surface area contributed by atoms with Gasteiger partial charge in [0.15, 0.2) is 0 Å². The van der Waals surface area contributed by atoms with E-state index in [4.69, 9.17) is 4.98 Å². The summed E-state index contributed by atoms with van der Waals surface area (Å²) in [7, 11) is 0. The van der Waals surface area contributed by atoms with Crippen molar-refractivity contribution >= 4 is 21.7 Å². The number of rotatable bonds is 1. The van der Waals surface area contributed by atoms with Crippen molar-refractivity contribution in [3.8, 4) is 11.1 Å². The molecule has 4 aromatic rings. The van der Waals surface area contributed by atoms with Crippen LogP contribution in [0.3, 0.4) is 0 Å². The lowest BCUT2D eigenvalue weighted by Gasteiger charge is -2.29. The minimum absolute atomic E-state index is 0.717. The summed E-state index contributed by atoms with van der Waals surface area (Å²) < 4.78 is 0. The van der Waals surface area contributed by atoms with Gasteiger partial charge in [-0.3, -0.25) is 4.98 Å². The molecule has 0 amide bonds. The summed E-state index contributed by atoms with van der Waals surface area (Å²) in [6.45, 7) is 0. The highest BCUT2D eigenvalue weighted by Gasteiger charge is 2.32. The quantitative estimate of drug-likeness (QED) is 0.331. The molecule has 7 rings (SSSR count). The summed E-state index contributed by atoms with van der Waals surface area (Å²) in [6, 6.07) is 22.1. The van der Waals surface area contributed by atoms with E-state index in [0.717, 1.165) is 5.92 Å². The van der Waals surface area contributed by atoms with Gasteiger partial charge in [0.05, 0.1) is 5.52 Å². The molecule has 1 saturated carbocycles. The number of hydrogen-bond donors (Lipinski definition) is 0. The predicted octanol–water partition coefficient (Wildman–Crippen LogP) is 7.20. The van der Waals surface area contributed by atoms with Crippen LogP contribution < -0.4 is 0 Å².